The number of nitrogen functional groups attached to an aromatic ring is 1. The molecule has 22 heavy (non-hydrogen) atoms. The normalized spacial score (nSPS) is 10.3. The molecule has 1 heterocycles. The Morgan fingerprint density at radius 3 is 2.77 bits per heavy atom. The summed E-state index contributed by atoms with van der Waals surface area (Å²) in [7, 11) is 3.43. The maximum Gasteiger partial charge on any atom is 0.329 e. The third-order valence-corrected chi connectivity index (χ3v) is 3.23. The molecule has 0 aliphatic heterocycles. The molecule has 0 saturated heterocycles. The highest BCUT2D eigenvalue weighted by molar-refractivity contribution is 5.53. The van der Waals surface area contributed by atoms with Crippen molar-refractivity contribution in [3.63, 3.8) is 0 Å². The van der Waals surface area contributed by atoms with Crippen LogP contribution in [0.25, 0.3) is 0 Å². The van der Waals surface area contributed by atoms with Crippen molar-refractivity contribution in [1.29, 1.82) is 0 Å². The second-order valence-corrected chi connectivity index (χ2v) is 4.68. The fourth-order valence-corrected chi connectivity index (χ4v) is 2.00. The predicted molar refractivity (Wildman–Crippen MR) is 83.1 cm³/mol. The van der Waals surface area contributed by atoms with E-state index in [4.69, 9.17) is 10.5 Å². The lowest BCUT2D eigenvalue weighted by Crippen LogP contribution is -2.23. The van der Waals surface area contributed by atoms with Crippen LogP contribution in [0, 0.1) is 10.1 Å². The van der Waals surface area contributed by atoms with Crippen LogP contribution in [-0.2, 0) is 6.42 Å². The van der Waals surface area contributed by atoms with Gasteiger partial charge in [-0.1, -0.05) is 18.2 Å². The summed E-state index contributed by atoms with van der Waals surface area (Å²) in [6, 6.07) is 7.73. The second-order valence-electron chi connectivity index (χ2n) is 4.68. The summed E-state index contributed by atoms with van der Waals surface area (Å²) >= 11 is 0. The third kappa shape index (κ3) is 3.40. The molecule has 116 valence electrons. The van der Waals surface area contributed by atoms with E-state index in [1.165, 1.54) is 0 Å². The Morgan fingerprint density at radius 2 is 2.14 bits per heavy atom. The molecule has 0 unspecified atom stereocenters. The summed E-state index contributed by atoms with van der Waals surface area (Å²) in [5.74, 6) is 1.03. The molecular formula is C14H17N5O3. The average Bonchev–Trinajstić information content (AvgIpc) is 2.52. The standard InChI is InChI=1S/C14H17N5O3/c1-18(8-7-10-5-3-4-6-12(10)22-2)14-16-9-11(19(20)21)13(15)17-14/h3-6,9H,7-8H2,1-2H3,(H2,15,16,17). The molecule has 0 radical (unpaired) electrons. The van der Waals surface area contributed by atoms with Gasteiger partial charge in [-0.3, -0.25) is 10.1 Å². The molecule has 1 aromatic carbocycles. The van der Waals surface area contributed by atoms with Crippen molar-refractivity contribution in [3.05, 3.63) is 46.1 Å². The molecule has 0 bridgehead atoms. The highest BCUT2D eigenvalue weighted by atomic mass is 16.6. The highest BCUT2D eigenvalue weighted by Crippen LogP contribution is 2.21. The molecular weight excluding hydrogens is 286 g/mol. The SMILES string of the molecule is COc1ccccc1CCN(C)c1ncc([N+](=O)[O-])c(N)n1. The Labute approximate surface area is 127 Å². The van der Waals surface area contributed by atoms with Crippen LogP contribution in [0.3, 0.4) is 0 Å². The van der Waals surface area contributed by atoms with Gasteiger partial charge in [-0.25, -0.2) is 4.98 Å². The summed E-state index contributed by atoms with van der Waals surface area (Å²) in [5.41, 5.74) is 6.35. The van der Waals surface area contributed by atoms with Crippen LogP contribution in [-0.4, -0.2) is 35.6 Å². The summed E-state index contributed by atoms with van der Waals surface area (Å²) in [5, 5.41) is 10.7. The molecule has 0 spiro atoms. The number of methoxy groups -OCH3 is 1. The largest absolute Gasteiger partial charge is 0.496 e. The van der Waals surface area contributed by atoms with Crippen LogP contribution in [0.4, 0.5) is 17.5 Å². The number of likely N-dealkylation sites (N-methyl/N-ethyl adjacent to an activating group) is 1. The van der Waals surface area contributed by atoms with Gasteiger partial charge >= 0.3 is 5.69 Å². The van der Waals surface area contributed by atoms with Gasteiger partial charge < -0.3 is 15.4 Å². The van der Waals surface area contributed by atoms with Gasteiger partial charge in [0.15, 0.2) is 0 Å². The summed E-state index contributed by atoms with van der Waals surface area (Å²) in [6.07, 6.45) is 1.85. The quantitative estimate of drug-likeness (QED) is 0.638. The second kappa shape index (κ2) is 6.70. The van der Waals surface area contributed by atoms with Gasteiger partial charge in [0.25, 0.3) is 0 Å². The molecule has 2 aromatic rings. The van der Waals surface area contributed by atoms with Crippen LogP contribution in [0.2, 0.25) is 0 Å². The first-order chi connectivity index (χ1) is 10.5. The number of nitro groups is 1. The van der Waals surface area contributed by atoms with Crippen molar-refractivity contribution in [2.75, 3.05) is 31.3 Å². The van der Waals surface area contributed by atoms with E-state index in [0.29, 0.717) is 12.5 Å². The van der Waals surface area contributed by atoms with Crippen LogP contribution in [0.15, 0.2) is 30.5 Å². The van der Waals surface area contributed by atoms with Crippen LogP contribution in [0.5, 0.6) is 5.75 Å². The maximum absolute atomic E-state index is 10.7. The Morgan fingerprint density at radius 1 is 1.41 bits per heavy atom. The molecule has 0 aliphatic carbocycles. The van der Waals surface area contributed by atoms with E-state index in [9.17, 15) is 10.1 Å². The van der Waals surface area contributed by atoms with E-state index in [1.807, 2.05) is 24.3 Å². The van der Waals surface area contributed by atoms with Crippen LogP contribution in [0.1, 0.15) is 5.56 Å². The van der Waals surface area contributed by atoms with E-state index < -0.39 is 4.92 Å². The van der Waals surface area contributed by atoms with Crippen molar-refractivity contribution in [1.82, 2.24) is 9.97 Å². The zero-order chi connectivity index (χ0) is 16.1. The minimum absolute atomic E-state index is 0.140. The van der Waals surface area contributed by atoms with Gasteiger partial charge in [0.2, 0.25) is 11.8 Å². The van der Waals surface area contributed by atoms with Gasteiger partial charge in [-0.05, 0) is 18.1 Å². The number of nitrogens with zero attached hydrogens (tertiary/aromatic N) is 4. The van der Waals surface area contributed by atoms with Crippen molar-refractivity contribution < 1.29 is 9.66 Å². The smallest absolute Gasteiger partial charge is 0.329 e. The fraction of sp³-hybridized carbons (Fsp3) is 0.286. The number of hydrogen-bond donors (Lipinski definition) is 1. The first kappa shape index (κ1) is 15.5. The first-order valence-electron chi connectivity index (χ1n) is 6.63. The van der Waals surface area contributed by atoms with Crippen molar-refractivity contribution in [2.45, 2.75) is 6.42 Å². The Hall–Kier alpha value is -2.90. The summed E-state index contributed by atoms with van der Waals surface area (Å²) < 4.78 is 5.30. The van der Waals surface area contributed by atoms with E-state index in [1.54, 1.807) is 19.1 Å². The van der Waals surface area contributed by atoms with E-state index in [-0.39, 0.29) is 11.5 Å². The fourth-order valence-electron chi connectivity index (χ4n) is 2.00. The number of aromatic nitrogens is 2. The molecule has 8 heteroatoms. The predicted octanol–water partition coefficient (Wildman–Crippen LogP) is 1.65. The number of para-hydroxylation sites is 1. The zero-order valence-corrected chi connectivity index (χ0v) is 12.4. The van der Waals surface area contributed by atoms with Gasteiger partial charge in [0.1, 0.15) is 11.9 Å². The molecule has 0 saturated carbocycles. The van der Waals surface area contributed by atoms with Crippen molar-refractivity contribution in [3.8, 4) is 5.75 Å². The summed E-state index contributed by atoms with van der Waals surface area (Å²) in [6.45, 7) is 0.623. The topological polar surface area (TPSA) is 107 Å². The molecule has 0 amide bonds. The van der Waals surface area contributed by atoms with Gasteiger partial charge in [0, 0.05) is 13.6 Å². The molecule has 2 rings (SSSR count). The van der Waals surface area contributed by atoms with E-state index in [2.05, 4.69) is 9.97 Å². The van der Waals surface area contributed by atoms with Crippen LogP contribution >= 0.6 is 0 Å². The van der Waals surface area contributed by atoms with E-state index in [0.717, 1.165) is 23.9 Å². The monoisotopic (exact) mass is 303 g/mol. The number of nitrogens with two attached hydrogens (primary N) is 1. The van der Waals surface area contributed by atoms with Gasteiger partial charge in [0.05, 0.1) is 12.0 Å². The van der Waals surface area contributed by atoms with Crippen LogP contribution < -0.4 is 15.4 Å². The lowest BCUT2D eigenvalue weighted by molar-refractivity contribution is -0.384. The Bertz CT molecular complexity index is 677. The Kier molecular flexibility index (Phi) is 4.72. The number of rotatable bonds is 6. The average molecular weight is 303 g/mol. The third-order valence-electron chi connectivity index (χ3n) is 3.23. The number of benzene rings is 1. The summed E-state index contributed by atoms with van der Waals surface area (Å²) in [4.78, 5) is 19.8. The maximum atomic E-state index is 10.7. The molecule has 8 nitrogen and oxygen atoms in total. The van der Waals surface area contributed by atoms with Gasteiger partial charge in [-0.2, -0.15) is 4.98 Å². The molecule has 1 aromatic heterocycles. The lowest BCUT2D eigenvalue weighted by Gasteiger charge is -2.17. The lowest BCUT2D eigenvalue weighted by atomic mass is 10.1. The van der Waals surface area contributed by atoms with E-state index >= 15 is 0 Å². The number of hydrogen-bond acceptors (Lipinski definition) is 7. The molecule has 0 aliphatic rings. The highest BCUT2D eigenvalue weighted by Gasteiger charge is 2.16. The molecule has 2 N–H and O–H groups in total. The minimum atomic E-state index is -0.603. The molecule has 0 fully saturated rings. The van der Waals surface area contributed by atoms with Gasteiger partial charge in [-0.15, -0.1) is 0 Å². The molecule has 0 atom stereocenters. The van der Waals surface area contributed by atoms with Crippen molar-refractivity contribution in [2.24, 2.45) is 0 Å². The first-order valence-corrected chi connectivity index (χ1v) is 6.63. The minimum Gasteiger partial charge on any atom is -0.496 e. The Balaban J connectivity index is 2.08. The van der Waals surface area contributed by atoms with Crippen molar-refractivity contribution >= 4 is 17.5 Å². The number of anilines is 2. The zero-order valence-electron chi connectivity index (χ0n) is 12.4. The number of ether oxygens (including phenoxy) is 1.